The predicted octanol–water partition coefficient (Wildman–Crippen LogP) is 16.0. The average Bonchev–Trinajstić information content (AvgIpc) is 3.43. The molecule has 12 rings (SSSR count). The maximum atomic E-state index is 7.05. The molecule has 0 aromatic heterocycles. The van der Waals surface area contributed by atoms with Crippen molar-refractivity contribution in [3.8, 4) is 56.0 Å². The van der Waals surface area contributed by atoms with Gasteiger partial charge in [0.25, 0.3) is 0 Å². The van der Waals surface area contributed by atoms with Gasteiger partial charge < -0.3 is 9.64 Å². The summed E-state index contributed by atoms with van der Waals surface area (Å²) in [4.78, 5) is 2.47. The zero-order valence-electron chi connectivity index (χ0n) is 32.9. The molecule has 0 spiro atoms. The molecule has 0 unspecified atom stereocenters. The Kier molecular flexibility index (Phi) is 7.31. The molecule has 0 atom stereocenters. The van der Waals surface area contributed by atoms with Crippen LogP contribution >= 0.6 is 0 Å². The van der Waals surface area contributed by atoms with Crippen molar-refractivity contribution in [1.29, 1.82) is 0 Å². The van der Waals surface area contributed by atoms with Gasteiger partial charge in [-0.1, -0.05) is 153 Å². The number of hydrogen-bond acceptors (Lipinski definition) is 2. The molecule has 0 saturated heterocycles. The van der Waals surface area contributed by atoms with Crippen LogP contribution in [0, 0.1) is 0 Å². The third kappa shape index (κ3) is 5.20. The van der Waals surface area contributed by atoms with E-state index >= 15 is 0 Å². The van der Waals surface area contributed by atoms with Gasteiger partial charge in [0, 0.05) is 33.3 Å². The Hall–Kier alpha value is -7.42. The fourth-order valence-corrected chi connectivity index (χ4v) is 9.88. The van der Waals surface area contributed by atoms with E-state index in [2.05, 4.69) is 219 Å². The fraction of sp³-hybridized carbons (Fsp3) is 0.0526. The highest BCUT2D eigenvalue weighted by Gasteiger charge is 2.36. The van der Waals surface area contributed by atoms with Gasteiger partial charge in [0.1, 0.15) is 11.5 Å². The van der Waals surface area contributed by atoms with Gasteiger partial charge in [-0.3, -0.25) is 0 Å². The van der Waals surface area contributed by atoms with Crippen LogP contribution < -0.4 is 9.64 Å². The number of hydrogen-bond donors (Lipinski definition) is 0. The first kappa shape index (κ1) is 33.7. The second kappa shape index (κ2) is 12.8. The van der Waals surface area contributed by atoms with E-state index in [1.165, 1.54) is 54.6 Å². The van der Waals surface area contributed by atoms with Crippen LogP contribution in [0.5, 0.6) is 11.5 Å². The maximum absolute atomic E-state index is 7.05. The van der Waals surface area contributed by atoms with E-state index in [4.69, 9.17) is 4.74 Å². The molecule has 0 radical (unpaired) electrons. The highest BCUT2D eigenvalue weighted by molar-refractivity contribution is 6.15. The van der Waals surface area contributed by atoms with Crippen LogP contribution in [0.1, 0.15) is 25.0 Å². The topological polar surface area (TPSA) is 12.5 Å². The Morgan fingerprint density at radius 1 is 0.356 bits per heavy atom. The number of benzene rings is 10. The first-order valence-electron chi connectivity index (χ1n) is 20.5. The minimum atomic E-state index is -0.148. The summed E-state index contributed by atoms with van der Waals surface area (Å²) >= 11 is 0. The monoisotopic (exact) mass is 753 g/mol. The molecular weight excluding hydrogens is 715 g/mol. The number of nitrogens with zero attached hydrogens (tertiary/aromatic N) is 1. The average molecular weight is 754 g/mol. The summed E-state index contributed by atoms with van der Waals surface area (Å²) in [7, 11) is 0. The summed E-state index contributed by atoms with van der Waals surface area (Å²) in [6.07, 6.45) is 0. The molecule has 2 nitrogen and oxygen atoms in total. The van der Waals surface area contributed by atoms with Gasteiger partial charge in [-0.05, 0) is 132 Å². The van der Waals surface area contributed by atoms with Crippen LogP contribution in [0.15, 0.2) is 200 Å². The van der Waals surface area contributed by atoms with Gasteiger partial charge in [-0.2, -0.15) is 0 Å². The van der Waals surface area contributed by atoms with Gasteiger partial charge in [0.2, 0.25) is 0 Å². The molecule has 1 heterocycles. The predicted molar refractivity (Wildman–Crippen MR) is 248 cm³/mol. The van der Waals surface area contributed by atoms with E-state index in [-0.39, 0.29) is 5.41 Å². The molecule has 1 aliphatic heterocycles. The van der Waals surface area contributed by atoms with Crippen molar-refractivity contribution >= 4 is 49.4 Å². The number of ether oxygens (including phenoxy) is 1. The van der Waals surface area contributed by atoms with Gasteiger partial charge in [0.05, 0.1) is 5.69 Å². The van der Waals surface area contributed by atoms with Crippen LogP contribution in [0.4, 0.5) is 17.1 Å². The van der Waals surface area contributed by atoms with Gasteiger partial charge >= 0.3 is 0 Å². The highest BCUT2D eigenvalue weighted by Crippen LogP contribution is 2.54. The van der Waals surface area contributed by atoms with Crippen LogP contribution in [-0.4, -0.2) is 0 Å². The zero-order valence-corrected chi connectivity index (χ0v) is 32.9. The quantitative estimate of drug-likeness (QED) is 0.166. The van der Waals surface area contributed by atoms with Crippen molar-refractivity contribution < 1.29 is 4.74 Å². The Morgan fingerprint density at radius 2 is 0.966 bits per heavy atom. The van der Waals surface area contributed by atoms with Gasteiger partial charge in [0.15, 0.2) is 0 Å². The Labute approximate surface area is 344 Å². The van der Waals surface area contributed by atoms with E-state index in [1.807, 2.05) is 0 Å². The molecular formula is C57H39NO. The number of rotatable bonds is 4. The highest BCUT2D eigenvalue weighted by atomic mass is 16.5. The summed E-state index contributed by atoms with van der Waals surface area (Å²) in [5.41, 5.74) is 15.3. The molecule has 2 aliphatic rings. The van der Waals surface area contributed by atoms with Crippen molar-refractivity contribution in [1.82, 2.24) is 0 Å². The SMILES string of the molecule is CC1(C)c2ccccc2-c2ccc(N(c3ccc4c(c3)-c3cc5ccccc5cc3-c3ccc(-c5ccccc5)cc3O4)c3cc4ccccc4c4ccccc34)cc21. The molecule has 10 aromatic carbocycles. The second-order valence-corrected chi connectivity index (χ2v) is 16.5. The van der Waals surface area contributed by atoms with Crippen molar-refractivity contribution in [2.75, 3.05) is 4.90 Å². The lowest BCUT2D eigenvalue weighted by atomic mass is 9.82. The molecule has 0 bridgehead atoms. The lowest BCUT2D eigenvalue weighted by Gasteiger charge is -2.30. The van der Waals surface area contributed by atoms with Crippen molar-refractivity contribution in [3.63, 3.8) is 0 Å². The van der Waals surface area contributed by atoms with E-state index in [1.54, 1.807) is 0 Å². The largest absolute Gasteiger partial charge is 0.456 e. The molecule has 1 aliphatic carbocycles. The number of anilines is 3. The van der Waals surface area contributed by atoms with Crippen molar-refractivity contribution in [2.45, 2.75) is 19.3 Å². The summed E-state index contributed by atoms with van der Waals surface area (Å²) in [6.45, 7) is 4.72. The molecule has 0 N–H and O–H groups in total. The van der Waals surface area contributed by atoms with E-state index < -0.39 is 0 Å². The molecule has 10 aromatic rings. The van der Waals surface area contributed by atoms with Gasteiger partial charge in [-0.15, -0.1) is 0 Å². The minimum Gasteiger partial charge on any atom is -0.456 e. The molecule has 2 heteroatoms. The molecule has 59 heavy (non-hydrogen) atoms. The number of fused-ring (bicyclic) bond motifs is 12. The van der Waals surface area contributed by atoms with Crippen LogP contribution in [0.2, 0.25) is 0 Å². The fourth-order valence-electron chi connectivity index (χ4n) is 9.88. The third-order valence-corrected chi connectivity index (χ3v) is 12.8. The van der Waals surface area contributed by atoms with E-state index in [0.29, 0.717) is 0 Å². The van der Waals surface area contributed by atoms with Crippen molar-refractivity contribution in [2.24, 2.45) is 0 Å². The van der Waals surface area contributed by atoms with Crippen molar-refractivity contribution in [3.05, 3.63) is 211 Å². The third-order valence-electron chi connectivity index (χ3n) is 12.8. The second-order valence-electron chi connectivity index (χ2n) is 16.5. The Balaban J connectivity index is 1.12. The standard InChI is InChI=1S/C57H39NO/c1-57(2)52-23-13-12-21-45(52)46-28-25-42(35-53(46)57)58(54-32-40-18-8-9-19-43(40)44-20-10-11-22-47(44)54)41-26-29-55-51(34-41)50-31-38-17-7-6-16-37(38)30-49(50)48-27-24-39(33-56(48)59-55)36-14-4-3-5-15-36/h3-35H,1-2H3. The first-order chi connectivity index (χ1) is 29.0. The summed E-state index contributed by atoms with van der Waals surface area (Å²) in [6, 6.07) is 73.3. The van der Waals surface area contributed by atoms with Crippen LogP contribution in [0.3, 0.4) is 0 Å². The minimum absolute atomic E-state index is 0.148. The van der Waals surface area contributed by atoms with Crippen LogP contribution in [0.25, 0.3) is 76.8 Å². The molecule has 0 amide bonds. The Bertz CT molecular complexity index is 3340. The molecule has 0 saturated carbocycles. The smallest absolute Gasteiger partial charge is 0.135 e. The lowest BCUT2D eigenvalue weighted by Crippen LogP contribution is -2.16. The molecule has 278 valence electrons. The van der Waals surface area contributed by atoms with E-state index in [0.717, 1.165) is 61.9 Å². The summed E-state index contributed by atoms with van der Waals surface area (Å²) in [5.74, 6) is 1.69. The summed E-state index contributed by atoms with van der Waals surface area (Å²) < 4.78 is 7.05. The van der Waals surface area contributed by atoms with E-state index in [9.17, 15) is 0 Å². The zero-order chi connectivity index (χ0) is 39.2. The lowest BCUT2D eigenvalue weighted by molar-refractivity contribution is 0.488. The summed E-state index contributed by atoms with van der Waals surface area (Å²) in [5, 5.41) is 7.30. The van der Waals surface area contributed by atoms with Gasteiger partial charge in [-0.25, -0.2) is 0 Å². The first-order valence-corrected chi connectivity index (χ1v) is 20.5. The Morgan fingerprint density at radius 3 is 1.78 bits per heavy atom. The van der Waals surface area contributed by atoms with Crippen LogP contribution in [-0.2, 0) is 5.41 Å². The molecule has 0 fully saturated rings. The normalized spacial score (nSPS) is 13.2. The maximum Gasteiger partial charge on any atom is 0.135 e.